The van der Waals surface area contributed by atoms with Gasteiger partial charge in [-0.3, -0.25) is 0 Å². The standard InChI is InChI=1S/C15H23ClN2S/c1-11(2)17-9-12-5-4-6-14(16)15(12)18(3)13-7-8-19-10-13/h4-6,11,13,17H,7-10H2,1-3H3. The molecule has 0 bridgehead atoms. The van der Waals surface area contributed by atoms with Gasteiger partial charge in [-0.2, -0.15) is 11.8 Å². The summed E-state index contributed by atoms with van der Waals surface area (Å²) >= 11 is 8.48. The van der Waals surface area contributed by atoms with E-state index in [1.54, 1.807) is 0 Å². The molecule has 4 heteroatoms. The monoisotopic (exact) mass is 298 g/mol. The summed E-state index contributed by atoms with van der Waals surface area (Å²) in [5, 5.41) is 4.35. The van der Waals surface area contributed by atoms with Crippen LogP contribution in [0.5, 0.6) is 0 Å². The zero-order valence-electron chi connectivity index (χ0n) is 11.9. The number of benzene rings is 1. The van der Waals surface area contributed by atoms with E-state index >= 15 is 0 Å². The van der Waals surface area contributed by atoms with Gasteiger partial charge in [0.1, 0.15) is 0 Å². The van der Waals surface area contributed by atoms with Crippen LogP contribution in [0.4, 0.5) is 5.69 Å². The molecule has 0 aromatic heterocycles. The molecule has 1 saturated heterocycles. The Morgan fingerprint density at radius 2 is 2.26 bits per heavy atom. The second-order valence-corrected chi connectivity index (χ2v) is 6.97. The molecule has 1 aromatic rings. The summed E-state index contributed by atoms with van der Waals surface area (Å²) in [7, 11) is 2.18. The average molecular weight is 299 g/mol. The summed E-state index contributed by atoms with van der Waals surface area (Å²) in [6.45, 7) is 5.21. The van der Waals surface area contributed by atoms with Crippen molar-refractivity contribution in [2.45, 2.75) is 38.9 Å². The first-order valence-electron chi connectivity index (χ1n) is 6.91. The lowest BCUT2D eigenvalue weighted by Gasteiger charge is -2.29. The molecule has 1 aromatic carbocycles. The van der Waals surface area contributed by atoms with Gasteiger partial charge in [0.15, 0.2) is 0 Å². The third-order valence-electron chi connectivity index (χ3n) is 3.58. The average Bonchev–Trinajstić information content (AvgIpc) is 2.89. The van der Waals surface area contributed by atoms with Crippen LogP contribution in [0.15, 0.2) is 18.2 Å². The first-order chi connectivity index (χ1) is 9.09. The number of nitrogens with one attached hydrogen (secondary N) is 1. The molecule has 106 valence electrons. The van der Waals surface area contributed by atoms with Crippen LogP contribution in [0.3, 0.4) is 0 Å². The molecule has 0 saturated carbocycles. The Labute approximate surface area is 125 Å². The predicted molar refractivity (Wildman–Crippen MR) is 87.6 cm³/mol. The van der Waals surface area contributed by atoms with Crippen molar-refractivity contribution >= 4 is 29.1 Å². The second-order valence-electron chi connectivity index (χ2n) is 5.41. The second kappa shape index (κ2) is 6.87. The highest BCUT2D eigenvalue weighted by molar-refractivity contribution is 7.99. The number of para-hydroxylation sites is 1. The number of nitrogens with zero attached hydrogens (tertiary/aromatic N) is 1. The van der Waals surface area contributed by atoms with Gasteiger partial charge >= 0.3 is 0 Å². The molecule has 1 aliphatic heterocycles. The van der Waals surface area contributed by atoms with Gasteiger partial charge in [-0.25, -0.2) is 0 Å². The first-order valence-corrected chi connectivity index (χ1v) is 8.44. The summed E-state index contributed by atoms with van der Waals surface area (Å²) in [6, 6.07) is 7.31. The number of hydrogen-bond acceptors (Lipinski definition) is 3. The number of hydrogen-bond donors (Lipinski definition) is 1. The van der Waals surface area contributed by atoms with Gasteiger partial charge in [0, 0.05) is 31.4 Å². The number of rotatable bonds is 5. The van der Waals surface area contributed by atoms with Crippen LogP contribution in [-0.2, 0) is 6.54 Å². The van der Waals surface area contributed by atoms with E-state index in [-0.39, 0.29) is 0 Å². The van der Waals surface area contributed by atoms with Crippen molar-refractivity contribution in [3.63, 3.8) is 0 Å². The van der Waals surface area contributed by atoms with Gasteiger partial charge in [-0.15, -0.1) is 0 Å². The predicted octanol–water partition coefficient (Wildman–Crippen LogP) is 3.78. The Hall–Kier alpha value is -0.380. The molecule has 1 unspecified atom stereocenters. The summed E-state index contributed by atoms with van der Waals surface area (Å²) in [4.78, 5) is 2.37. The lowest BCUT2D eigenvalue weighted by atomic mass is 10.1. The van der Waals surface area contributed by atoms with Gasteiger partial charge in [0.25, 0.3) is 0 Å². The van der Waals surface area contributed by atoms with Crippen LogP contribution in [0.1, 0.15) is 25.8 Å². The minimum atomic E-state index is 0.485. The highest BCUT2D eigenvalue weighted by atomic mass is 35.5. The van der Waals surface area contributed by atoms with E-state index in [0.29, 0.717) is 12.1 Å². The molecule has 1 atom stereocenters. The van der Waals surface area contributed by atoms with E-state index in [2.05, 4.69) is 37.2 Å². The molecule has 2 rings (SSSR count). The fourth-order valence-electron chi connectivity index (χ4n) is 2.42. The highest BCUT2D eigenvalue weighted by Gasteiger charge is 2.23. The summed E-state index contributed by atoms with van der Waals surface area (Å²) < 4.78 is 0. The van der Waals surface area contributed by atoms with Crippen LogP contribution < -0.4 is 10.2 Å². The minimum absolute atomic E-state index is 0.485. The molecule has 1 N–H and O–H groups in total. The molecule has 0 spiro atoms. The fraction of sp³-hybridized carbons (Fsp3) is 0.600. The Morgan fingerprint density at radius 3 is 2.89 bits per heavy atom. The van der Waals surface area contributed by atoms with Gasteiger partial charge < -0.3 is 10.2 Å². The third-order valence-corrected chi connectivity index (χ3v) is 5.03. The lowest BCUT2D eigenvalue weighted by Crippen LogP contribution is -2.33. The van der Waals surface area contributed by atoms with Gasteiger partial charge in [0.05, 0.1) is 10.7 Å². The van der Waals surface area contributed by atoms with E-state index in [4.69, 9.17) is 11.6 Å². The maximum absolute atomic E-state index is 6.44. The van der Waals surface area contributed by atoms with E-state index in [1.165, 1.54) is 29.2 Å². The van der Waals surface area contributed by atoms with Crippen LogP contribution in [0.2, 0.25) is 5.02 Å². The molecule has 2 nitrogen and oxygen atoms in total. The van der Waals surface area contributed by atoms with Gasteiger partial charge in [-0.1, -0.05) is 37.6 Å². The van der Waals surface area contributed by atoms with Crippen LogP contribution in [0, 0.1) is 0 Å². The zero-order chi connectivity index (χ0) is 13.8. The number of halogens is 1. The molecular weight excluding hydrogens is 276 g/mol. The Bertz CT molecular complexity index is 417. The molecule has 1 heterocycles. The molecule has 1 aliphatic rings. The molecular formula is C15H23ClN2S. The van der Waals surface area contributed by atoms with Crippen LogP contribution >= 0.6 is 23.4 Å². The number of thioether (sulfide) groups is 1. The largest absolute Gasteiger partial charge is 0.369 e. The van der Waals surface area contributed by atoms with Crippen molar-refractivity contribution in [1.82, 2.24) is 5.32 Å². The van der Waals surface area contributed by atoms with Gasteiger partial charge in [-0.05, 0) is 23.8 Å². The Morgan fingerprint density at radius 1 is 1.47 bits per heavy atom. The van der Waals surface area contributed by atoms with Crippen molar-refractivity contribution in [3.8, 4) is 0 Å². The molecule has 0 amide bonds. The van der Waals surface area contributed by atoms with Crippen molar-refractivity contribution in [2.24, 2.45) is 0 Å². The third kappa shape index (κ3) is 3.80. The van der Waals surface area contributed by atoms with Crippen molar-refractivity contribution in [1.29, 1.82) is 0 Å². The van der Waals surface area contributed by atoms with Crippen molar-refractivity contribution in [3.05, 3.63) is 28.8 Å². The Balaban J connectivity index is 2.21. The maximum Gasteiger partial charge on any atom is 0.0642 e. The molecule has 0 radical (unpaired) electrons. The van der Waals surface area contributed by atoms with Crippen molar-refractivity contribution in [2.75, 3.05) is 23.5 Å². The fourth-order valence-corrected chi connectivity index (χ4v) is 4.02. The van der Waals surface area contributed by atoms with Gasteiger partial charge in [0.2, 0.25) is 0 Å². The van der Waals surface area contributed by atoms with E-state index in [9.17, 15) is 0 Å². The zero-order valence-corrected chi connectivity index (χ0v) is 13.5. The smallest absolute Gasteiger partial charge is 0.0642 e. The summed E-state index contributed by atoms with van der Waals surface area (Å²) in [5.41, 5.74) is 2.49. The molecule has 19 heavy (non-hydrogen) atoms. The van der Waals surface area contributed by atoms with Crippen LogP contribution in [-0.4, -0.2) is 30.6 Å². The minimum Gasteiger partial charge on any atom is -0.369 e. The highest BCUT2D eigenvalue weighted by Crippen LogP contribution is 2.33. The molecule has 1 fully saturated rings. The normalized spacial score (nSPS) is 19.1. The lowest BCUT2D eigenvalue weighted by molar-refractivity contribution is 0.586. The quantitative estimate of drug-likeness (QED) is 0.890. The Kier molecular flexibility index (Phi) is 5.43. The first kappa shape index (κ1) is 15.0. The van der Waals surface area contributed by atoms with E-state index < -0.39 is 0 Å². The summed E-state index contributed by atoms with van der Waals surface area (Å²) in [6.07, 6.45) is 1.25. The topological polar surface area (TPSA) is 15.3 Å². The summed E-state index contributed by atoms with van der Waals surface area (Å²) in [5.74, 6) is 2.47. The van der Waals surface area contributed by atoms with E-state index in [1.807, 2.05) is 23.9 Å². The number of anilines is 1. The SMILES string of the molecule is CC(C)NCc1cccc(Cl)c1N(C)C1CCSC1. The van der Waals surface area contributed by atoms with E-state index in [0.717, 1.165) is 11.6 Å². The van der Waals surface area contributed by atoms with Crippen LogP contribution in [0.25, 0.3) is 0 Å². The maximum atomic E-state index is 6.44. The van der Waals surface area contributed by atoms with Crippen molar-refractivity contribution < 1.29 is 0 Å². The molecule has 0 aliphatic carbocycles.